The molecule has 146 valence electrons. The summed E-state index contributed by atoms with van der Waals surface area (Å²) in [5.41, 5.74) is 0.688. The smallest absolute Gasteiger partial charge is 0.267 e. The normalized spacial score (nSPS) is 16.9. The predicted octanol–water partition coefficient (Wildman–Crippen LogP) is 6.50. The number of thioether (sulfide) groups is 1. The molecule has 9 heteroatoms. The number of aliphatic imine (C=N–C) groups is 1. The minimum Gasteiger partial charge on any atom is -0.457 e. The number of amides is 1. The minimum atomic E-state index is -0.163. The summed E-state index contributed by atoms with van der Waals surface area (Å²) in [7, 11) is 0. The maximum absolute atomic E-state index is 12.8. The second-order valence-corrected chi connectivity index (χ2v) is 8.58. The quantitative estimate of drug-likeness (QED) is 0.321. The number of carbonyl (C=O) groups excluding carboxylic acids is 1. The van der Waals surface area contributed by atoms with Gasteiger partial charge in [-0.05, 0) is 42.1 Å². The Balaban J connectivity index is 1.64. The Hall–Kier alpha value is -2.32. The van der Waals surface area contributed by atoms with Crippen molar-refractivity contribution in [2.24, 2.45) is 4.99 Å². The molecule has 0 bridgehead atoms. The first-order valence-corrected chi connectivity index (χ1v) is 10.9. The van der Waals surface area contributed by atoms with Crippen molar-refractivity contribution < 1.29 is 9.21 Å². The molecule has 1 aliphatic rings. The highest BCUT2D eigenvalue weighted by Gasteiger charge is 2.33. The van der Waals surface area contributed by atoms with Crippen molar-refractivity contribution in [1.82, 2.24) is 9.88 Å². The molecule has 3 heterocycles. The van der Waals surface area contributed by atoms with Gasteiger partial charge in [0.2, 0.25) is 5.13 Å². The van der Waals surface area contributed by atoms with Gasteiger partial charge in [0.1, 0.15) is 11.5 Å². The van der Waals surface area contributed by atoms with Crippen molar-refractivity contribution in [2.45, 2.75) is 0 Å². The molecule has 1 aliphatic heterocycles. The largest absolute Gasteiger partial charge is 0.457 e. The van der Waals surface area contributed by atoms with E-state index < -0.39 is 0 Å². The number of benzene rings is 1. The number of amidine groups is 1. The van der Waals surface area contributed by atoms with Crippen molar-refractivity contribution in [3.8, 4) is 11.3 Å². The lowest BCUT2D eigenvalue weighted by Gasteiger charge is -2.11. The van der Waals surface area contributed by atoms with Crippen LogP contribution in [0.4, 0.5) is 5.13 Å². The second-order valence-electron chi connectivity index (χ2n) is 5.85. The molecule has 0 aliphatic carbocycles. The molecule has 1 amide bonds. The molecule has 0 atom stereocenters. The van der Waals surface area contributed by atoms with Gasteiger partial charge < -0.3 is 4.42 Å². The molecule has 0 radical (unpaired) electrons. The first-order valence-electron chi connectivity index (χ1n) is 8.41. The summed E-state index contributed by atoms with van der Waals surface area (Å²) in [5.74, 6) is 0.935. The van der Waals surface area contributed by atoms with Crippen LogP contribution in [0.5, 0.6) is 0 Å². The standard InChI is InChI=1S/C20H13Cl2N3O2S2/c1-2-8-25-18(26)17(29-20(25)24-19-23-7-9-28-19)11-13-4-6-16(27-13)14-10-12(21)3-5-15(14)22/h2-7,9-11H,1,8H2/b17-11+,24-20+. The molecule has 1 saturated heterocycles. The maximum atomic E-state index is 12.8. The Labute approximate surface area is 185 Å². The van der Waals surface area contributed by atoms with E-state index in [-0.39, 0.29) is 5.91 Å². The van der Waals surface area contributed by atoms with Crippen molar-refractivity contribution >= 4 is 68.6 Å². The number of thiazole rings is 1. The highest BCUT2D eigenvalue weighted by Crippen LogP contribution is 2.36. The predicted molar refractivity (Wildman–Crippen MR) is 121 cm³/mol. The third-order valence-electron chi connectivity index (χ3n) is 3.90. The van der Waals surface area contributed by atoms with Gasteiger partial charge in [0.15, 0.2) is 5.17 Å². The Kier molecular flexibility index (Phi) is 5.91. The van der Waals surface area contributed by atoms with Crippen LogP contribution in [0.25, 0.3) is 17.4 Å². The second kappa shape index (κ2) is 8.59. The summed E-state index contributed by atoms with van der Waals surface area (Å²) in [6, 6.07) is 8.73. The van der Waals surface area contributed by atoms with E-state index in [1.807, 2.05) is 5.38 Å². The highest BCUT2D eigenvalue weighted by molar-refractivity contribution is 8.18. The summed E-state index contributed by atoms with van der Waals surface area (Å²) >= 11 is 15.0. The van der Waals surface area contributed by atoms with E-state index in [4.69, 9.17) is 27.6 Å². The van der Waals surface area contributed by atoms with Crippen LogP contribution in [-0.4, -0.2) is 27.5 Å². The molecule has 1 aromatic carbocycles. The number of hydrogen-bond acceptors (Lipinski definition) is 6. The Morgan fingerprint density at radius 3 is 2.90 bits per heavy atom. The fourth-order valence-electron chi connectivity index (χ4n) is 2.63. The number of hydrogen-bond donors (Lipinski definition) is 0. The lowest BCUT2D eigenvalue weighted by Crippen LogP contribution is -2.29. The number of aromatic nitrogens is 1. The van der Waals surface area contributed by atoms with Crippen molar-refractivity contribution in [2.75, 3.05) is 6.54 Å². The van der Waals surface area contributed by atoms with Crippen LogP contribution in [0, 0.1) is 0 Å². The molecular formula is C20H13Cl2N3O2S2. The van der Waals surface area contributed by atoms with Gasteiger partial charge in [-0.25, -0.2) is 4.98 Å². The third-order valence-corrected chi connectivity index (χ3v) is 6.14. The molecule has 0 spiro atoms. The number of furan rings is 1. The monoisotopic (exact) mass is 461 g/mol. The van der Waals surface area contributed by atoms with E-state index >= 15 is 0 Å². The Morgan fingerprint density at radius 2 is 2.14 bits per heavy atom. The van der Waals surface area contributed by atoms with Crippen LogP contribution < -0.4 is 0 Å². The fourth-order valence-corrected chi connectivity index (χ4v) is 4.54. The molecule has 1 fully saturated rings. The first kappa shape index (κ1) is 20.0. The van der Waals surface area contributed by atoms with Crippen LogP contribution >= 0.6 is 46.3 Å². The van der Waals surface area contributed by atoms with Crippen LogP contribution in [0.3, 0.4) is 0 Å². The zero-order valence-corrected chi connectivity index (χ0v) is 18.0. The molecule has 2 aromatic heterocycles. The average Bonchev–Trinajstić information content (AvgIpc) is 3.43. The van der Waals surface area contributed by atoms with Crippen LogP contribution in [0.15, 0.2) is 68.9 Å². The Bertz CT molecular complexity index is 1140. The Morgan fingerprint density at radius 1 is 1.28 bits per heavy atom. The van der Waals surface area contributed by atoms with Gasteiger partial charge in [0.25, 0.3) is 5.91 Å². The van der Waals surface area contributed by atoms with Crippen LogP contribution in [0.1, 0.15) is 5.76 Å². The average molecular weight is 462 g/mol. The van der Waals surface area contributed by atoms with Crippen LogP contribution in [0.2, 0.25) is 10.0 Å². The fraction of sp³-hybridized carbons (Fsp3) is 0.0500. The van der Waals surface area contributed by atoms with E-state index in [1.54, 1.807) is 53.6 Å². The molecule has 0 unspecified atom stereocenters. The summed E-state index contributed by atoms with van der Waals surface area (Å²) in [5, 5.41) is 4.07. The van der Waals surface area contributed by atoms with E-state index in [2.05, 4.69) is 16.6 Å². The van der Waals surface area contributed by atoms with Gasteiger partial charge in [-0.15, -0.1) is 17.9 Å². The molecule has 5 nitrogen and oxygen atoms in total. The molecule has 0 saturated carbocycles. The molecule has 0 N–H and O–H groups in total. The van der Waals surface area contributed by atoms with Gasteiger partial charge in [0, 0.05) is 34.8 Å². The maximum Gasteiger partial charge on any atom is 0.267 e. The van der Waals surface area contributed by atoms with Crippen molar-refractivity contribution in [3.63, 3.8) is 0 Å². The van der Waals surface area contributed by atoms with Crippen LogP contribution in [-0.2, 0) is 4.79 Å². The summed E-state index contributed by atoms with van der Waals surface area (Å²) < 4.78 is 5.88. The number of nitrogens with zero attached hydrogens (tertiary/aromatic N) is 3. The highest BCUT2D eigenvalue weighted by atomic mass is 35.5. The summed E-state index contributed by atoms with van der Waals surface area (Å²) in [6.45, 7) is 4.07. The number of carbonyl (C=O) groups is 1. The molecular weight excluding hydrogens is 449 g/mol. The third kappa shape index (κ3) is 4.33. The van der Waals surface area contributed by atoms with E-state index in [9.17, 15) is 4.79 Å². The zero-order chi connectivity index (χ0) is 20.4. The molecule has 4 rings (SSSR count). The molecule has 3 aromatic rings. The molecule has 29 heavy (non-hydrogen) atoms. The topological polar surface area (TPSA) is 58.7 Å². The number of rotatable bonds is 5. The SMILES string of the molecule is C=CCN1C(=O)/C(=C\c2ccc(-c3cc(Cl)ccc3Cl)o2)S/C1=N/c1nccs1. The first-order chi connectivity index (χ1) is 14.0. The van der Waals surface area contributed by atoms with Crippen molar-refractivity contribution in [3.05, 3.63) is 75.3 Å². The summed E-state index contributed by atoms with van der Waals surface area (Å²) in [6.07, 6.45) is 5.02. The van der Waals surface area contributed by atoms with Gasteiger partial charge in [-0.3, -0.25) is 9.69 Å². The van der Waals surface area contributed by atoms with E-state index in [1.165, 1.54) is 23.1 Å². The van der Waals surface area contributed by atoms with E-state index in [0.29, 0.717) is 48.9 Å². The lowest BCUT2D eigenvalue weighted by atomic mass is 10.2. The van der Waals surface area contributed by atoms with Gasteiger partial charge in [-0.1, -0.05) is 29.3 Å². The zero-order valence-electron chi connectivity index (χ0n) is 14.8. The van der Waals surface area contributed by atoms with Gasteiger partial charge >= 0.3 is 0 Å². The summed E-state index contributed by atoms with van der Waals surface area (Å²) in [4.78, 5) is 23.5. The van der Waals surface area contributed by atoms with Crippen molar-refractivity contribution in [1.29, 1.82) is 0 Å². The van der Waals surface area contributed by atoms with Gasteiger partial charge in [0.05, 0.1) is 9.93 Å². The minimum absolute atomic E-state index is 0.163. The number of halogens is 2. The van der Waals surface area contributed by atoms with E-state index in [0.717, 1.165) is 0 Å². The lowest BCUT2D eigenvalue weighted by molar-refractivity contribution is -0.121. The van der Waals surface area contributed by atoms with Gasteiger partial charge in [-0.2, -0.15) is 4.99 Å².